The Morgan fingerprint density at radius 1 is 0.943 bits per heavy atom. The first-order valence-electron chi connectivity index (χ1n) is 11.7. The van der Waals surface area contributed by atoms with E-state index in [-0.39, 0.29) is 49.7 Å². The van der Waals surface area contributed by atoms with E-state index in [2.05, 4.69) is 36.6 Å². The molecular formula is C26H39Cl2N5O2. The monoisotopic (exact) mass is 523 g/mol. The second kappa shape index (κ2) is 14.3. The summed E-state index contributed by atoms with van der Waals surface area (Å²) in [4.78, 5) is 27.9. The topological polar surface area (TPSA) is 67.9 Å². The molecule has 0 saturated heterocycles. The fourth-order valence-corrected chi connectivity index (χ4v) is 4.10. The maximum Gasteiger partial charge on any atom is 0.256 e. The third-order valence-corrected chi connectivity index (χ3v) is 6.12. The number of benzene rings is 2. The smallest absolute Gasteiger partial charge is 0.256 e. The summed E-state index contributed by atoms with van der Waals surface area (Å²) in [6.45, 7) is 10.9. The molecule has 0 radical (unpaired) electrons. The number of carbonyl (C=O) groups excluding carboxylic acids is 2. The Morgan fingerprint density at radius 3 is 2.06 bits per heavy atom. The molecule has 0 atom stereocenters. The SMILES string of the molecule is Cc1cccc(C)c1NCC(=O)N(CCNC(C)C)CC(=O)N(C)N1Cc2ccccc2C1.Cl.Cl. The lowest BCUT2D eigenvalue weighted by Gasteiger charge is -2.31. The third kappa shape index (κ3) is 8.39. The van der Waals surface area contributed by atoms with Gasteiger partial charge in [-0.25, -0.2) is 5.01 Å². The molecule has 2 aromatic rings. The second-order valence-electron chi connectivity index (χ2n) is 9.05. The van der Waals surface area contributed by atoms with Gasteiger partial charge in [0.05, 0.1) is 6.54 Å². The van der Waals surface area contributed by atoms with E-state index in [0.717, 1.165) is 16.8 Å². The van der Waals surface area contributed by atoms with E-state index in [1.54, 1.807) is 17.0 Å². The molecule has 0 bridgehead atoms. The number of para-hydroxylation sites is 1. The van der Waals surface area contributed by atoms with Gasteiger partial charge in [-0.3, -0.25) is 14.6 Å². The van der Waals surface area contributed by atoms with E-state index < -0.39 is 0 Å². The molecule has 35 heavy (non-hydrogen) atoms. The number of rotatable bonds is 10. The van der Waals surface area contributed by atoms with Gasteiger partial charge in [0.1, 0.15) is 6.54 Å². The highest BCUT2D eigenvalue weighted by Gasteiger charge is 2.27. The van der Waals surface area contributed by atoms with Crippen LogP contribution in [0.15, 0.2) is 42.5 Å². The van der Waals surface area contributed by atoms with Crippen LogP contribution in [0.1, 0.15) is 36.1 Å². The van der Waals surface area contributed by atoms with E-state index in [4.69, 9.17) is 0 Å². The molecule has 0 aromatic heterocycles. The van der Waals surface area contributed by atoms with Crippen molar-refractivity contribution < 1.29 is 9.59 Å². The minimum atomic E-state index is -0.0900. The van der Waals surface area contributed by atoms with Crippen molar-refractivity contribution in [2.75, 3.05) is 38.5 Å². The van der Waals surface area contributed by atoms with Crippen LogP contribution in [-0.4, -0.2) is 66.0 Å². The van der Waals surface area contributed by atoms with Gasteiger partial charge in [-0.05, 0) is 36.1 Å². The number of nitrogens with one attached hydrogen (secondary N) is 2. The van der Waals surface area contributed by atoms with Gasteiger partial charge in [0.25, 0.3) is 5.91 Å². The number of amides is 2. The summed E-state index contributed by atoms with van der Waals surface area (Å²) < 4.78 is 0. The fourth-order valence-electron chi connectivity index (χ4n) is 4.10. The van der Waals surface area contributed by atoms with Crippen molar-refractivity contribution in [2.24, 2.45) is 0 Å². The van der Waals surface area contributed by atoms with Crippen LogP contribution < -0.4 is 10.6 Å². The molecule has 2 amide bonds. The van der Waals surface area contributed by atoms with E-state index in [9.17, 15) is 9.59 Å². The Morgan fingerprint density at radius 2 is 1.51 bits per heavy atom. The van der Waals surface area contributed by atoms with Gasteiger partial charge in [0, 0.05) is 45.0 Å². The van der Waals surface area contributed by atoms with Crippen LogP contribution in [0.4, 0.5) is 5.69 Å². The van der Waals surface area contributed by atoms with Crippen LogP contribution in [-0.2, 0) is 22.7 Å². The highest BCUT2D eigenvalue weighted by molar-refractivity contribution is 5.87. The first-order chi connectivity index (χ1) is 15.8. The molecule has 1 aliphatic heterocycles. The van der Waals surface area contributed by atoms with Gasteiger partial charge in [-0.15, -0.1) is 24.8 Å². The minimum absolute atomic E-state index is 0. The molecule has 1 heterocycles. The number of halogens is 2. The number of aryl methyl sites for hydroxylation is 2. The quantitative estimate of drug-likeness (QED) is 0.496. The van der Waals surface area contributed by atoms with Crippen molar-refractivity contribution in [3.8, 4) is 0 Å². The Hall–Kier alpha value is -2.32. The summed E-state index contributed by atoms with van der Waals surface area (Å²) in [7, 11) is 1.79. The fraction of sp³-hybridized carbons (Fsp3) is 0.462. The molecule has 0 fully saturated rings. The largest absolute Gasteiger partial charge is 0.376 e. The lowest BCUT2D eigenvalue weighted by atomic mass is 10.1. The van der Waals surface area contributed by atoms with Gasteiger partial charge in [0.15, 0.2) is 0 Å². The maximum absolute atomic E-state index is 13.1. The number of fused-ring (bicyclic) bond motifs is 1. The summed E-state index contributed by atoms with van der Waals surface area (Å²) in [6.07, 6.45) is 0. The van der Waals surface area contributed by atoms with Crippen molar-refractivity contribution in [2.45, 2.75) is 46.8 Å². The third-order valence-electron chi connectivity index (χ3n) is 6.12. The van der Waals surface area contributed by atoms with E-state index in [0.29, 0.717) is 32.2 Å². The highest BCUT2D eigenvalue weighted by Crippen LogP contribution is 2.23. The second-order valence-corrected chi connectivity index (χ2v) is 9.05. The zero-order valence-corrected chi connectivity index (χ0v) is 23.0. The zero-order valence-electron chi connectivity index (χ0n) is 21.3. The standard InChI is InChI=1S/C26H37N5O2.2ClH/c1-19(2)27-13-14-30(24(32)15-28-26-20(3)9-8-10-21(26)4)18-25(33)29(5)31-16-22-11-6-7-12-23(22)17-31;;/h6-12,19,27-28H,13-18H2,1-5H3;2*1H. The first kappa shape index (κ1) is 30.7. The average molecular weight is 525 g/mol. The molecule has 1 aliphatic rings. The number of likely N-dealkylation sites (N-methyl/N-ethyl adjacent to an activating group) is 1. The van der Waals surface area contributed by atoms with Crippen LogP contribution in [0.2, 0.25) is 0 Å². The van der Waals surface area contributed by atoms with Crippen molar-refractivity contribution in [1.29, 1.82) is 0 Å². The molecule has 0 unspecified atom stereocenters. The average Bonchev–Trinajstić information content (AvgIpc) is 3.21. The van der Waals surface area contributed by atoms with Gasteiger partial charge < -0.3 is 15.5 Å². The number of hydrazine groups is 1. The van der Waals surface area contributed by atoms with Crippen LogP contribution in [0.5, 0.6) is 0 Å². The van der Waals surface area contributed by atoms with E-state index >= 15 is 0 Å². The van der Waals surface area contributed by atoms with Gasteiger partial charge in [0.2, 0.25) is 5.91 Å². The Labute approximate surface area is 222 Å². The molecule has 0 saturated carbocycles. The van der Waals surface area contributed by atoms with Gasteiger partial charge >= 0.3 is 0 Å². The molecule has 3 rings (SSSR count). The molecule has 9 heteroatoms. The van der Waals surface area contributed by atoms with Crippen LogP contribution in [0, 0.1) is 13.8 Å². The number of hydrogen-bond donors (Lipinski definition) is 2. The van der Waals surface area contributed by atoms with Crippen molar-refractivity contribution in [1.82, 2.24) is 20.2 Å². The van der Waals surface area contributed by atoms with Crippen molar-refractivity contribution in [3.05, 3.63) is 64.7 Å². The van der Waals surface area contributed by atoms with E-state index in [1.165, 1.54) is 11.1 Å². The zero-order chi connectivity index (χ0) is 24.0. The Kier molecular flexibility index (Phi) is 12.5. The molecule has 0 aliphatic carbocycles. The molecule has 194 valence electrons. The normalized spacial score (nSPS) is 12.4. The summed E-state index contributed by atoms with van der Waals surface area (Å²) in [5, 5.41) is 10.3. The summed E-state index contributed by atoms with van der Waals surface area (Å²) in [5.74, 6) is -0.178. The first-order valence-corrected chi connectivity index (χ1v) is 11.7. The predicted molar refractivity (Wildman–Crippen MR) is 147 cm³/mol. The molecule has 2 aromatic carbocycles. The van der Waals surface area contributed by atoms with Crippen molar-refractivity contribution in [3.63, 3.8) is 0 Å². The minimum Gasteiger partial charge on any atom is -0.376 e. The van der Waals surface area contributed by atoms with Crippen LogP contribution >= 0.6 is 24.8 Å². The predicted octanol–water partition coefficient (Wildman–Crippen LogP) is 3.77. The van der Waals surface area contributed by atoms with E-state index in [1.807, 2.05) is 49.2 Å². The number of carbonyl (C=O) groups is 2. The lowest BCUT2D eigenvalue weighted by Crippen LogP contribution is -2.49. The number of nitrogens with zero attached hydrogens (tertiary/aromatic N) is 3. The maximum atomic E-state index is 13.1. The van der Waals surface area contributed by atoms with Crippen LogP contribution in [0.25, 0.3) is 0 Å². The van der Waals surface area contributed by atoms with Crippen LogP contribution in [0.3, 0.4) is 0 Å². The number of anilines is 1. The summed E-state index contributed by atoms with van der Waals surface area (Å²) >= 11 is 0. The lowest BCUT2D eigenvalue weighted by molar-refractivity contribution is -0.151. The molecular weight excluding hydrogens is 485 g/mol. The highest BCUT2D eigenvalue weighted by atomic mass is 35.5. The Bertz CT molecular complexity index is 941. The van der Waals surface area contributed by atoms with Crippen molar-refractivity contribution >= 4 is 42.3 Å². The van der Waals surface area contributed by atoms with Gasteiger partial charge in [-0.2, -0.15) is 0 Å². The Balaban J connectivity index is 0.00000306. The summed E-state index contributed by atoms with van der Waals surface area (Å²) in [5.41, 5.74) is 5.65. The molecule has 2 N–H and O–H groups in total. The number of hydrogen-bond acceptors (Lipinski definition) is 5. The summed E-state index contributed by atoms with van der Waals surface area (Å²) in [6, 6.07) is 14.6. The molecule has 0 spiro atoms. The molecule has 7 nitrogen and oxygen atoms in total. The van der Waals surface area contributed by atoms with Gasteiger partial charge in [-0.1, -0.05) is 56.3 Å².